The van der Waals surface area contributed by atoms with E-state index in [0.717, 1.165) is 57.3 Å². The van der Waals surface area contributed by atoms with E-state index in [2.05, 4.69) is 26.8 Å². The first-order chi connectivity index (χ1) is 21.3. The first kappa shape index (κ1) is 42.6. The molecular weight excluding hydrogens is 556 g/mol. The lowest BCUT2D eigenvalue weighted by molar-refractivity contribution is -0.161. The fourth-order valence-corrected chi connectivity index (χ4v) is 5.23. The highest BCUT2D eigenvalue weighted by molar-refractivity contribution is 5.70. The van der Waals surface area contributed by atoms with Gasteiger partial charge in [0.15, 0.2) is 6.10 Å². The Hall–Kier alpha value is -1.44. The Labute approximate surface area is 270 Å². The molecule has 0 saturated carbocycles. The van der Waals surface area contributed by atoms with Gasteiger partial charge in [0.25, 0.3) is 0 Å². The number of ether oxygens (including phenoxy) is 2. The highest BCUT2D eigenvalue weighted by atomic mass is 16.6. The zero-order chi connectivity index (χ0) is 32.7. The number of allylic oxidation sites excluding steroid dienone is 1. The Bertz CT molecular complexity index is 679. The monoisotopic (exact) mass is 627 g/mol. The molecule has 0 aromatic rings. The van der Waals surface area contributed by atoms with Gasteiger partial charge in [-0.3, -0.25) is 9.59 Å². The number of unbranched alkanes of at least 4 members (excludes halogenated alkanes) is 16. The molecular formula is C37H70O7. The van der Waals surface area contributed by atoms with Gasteiger partial charge >= 0.3 is 11.9 Å². The van der Waals surface area contributed by atoms with E-state index in [1.807, 2.05) is 6.08 Å². The van der Waals surface area contributed by atoms with Crippen LogP contribution < -0.4 is 0 Å². The largest absolute Gasteiger partial charge is 0.462 e. The van der Waals surface area contributed by atoms with Gasteiger partial charge < -0.3 is 24.8 Å². The van der Waals surface area contributed by atoms with Crippen LogP contribution >= 0.6 is 0 Å². The third-order valence-corrected chi connectivity index (χ3v) is 8.19. The molecule has 0 aliphatic carbocycles. The SMILES string of the molecule is CCCCC/C=C\C[C@H](O)[C@@H](O)CCCCCCCC(=O)O[C@@H](CO)COC(=O)CCCCCCCCCCCCC(C)C. The molecule has 0 heterocycles. The van der Waals surface area contributed by atoms with Crippen LogP contribution in [0.25, 0.3) is 0 Å². The van der Waals surface area contributed by atoms with Crippen molar-refractivity contribution in [1.29, 1.82) is 0 Å². The van der Waals surface area contributed by atoms with Crippen LogP contribution in [0.3, 0.4) is 0 Å². The quantitative estimate of drug-likeness (QED) is 0.0389. The molecule has 0 aliphatic rings. The summed E-state index contributed by atoms with van der Waals surface area (Å²) < 4.78 is 10.5. The average molecular weight is 627 g/mol. The molecule has 3 atom stereocenters. The molecule has 0 fully saturated rings. The molecule has 0 unspecified atom stereocenters. The van der Waals surface area contributed by atoms with E-state index in [4.69, 9.17) is 9.47 Å². The standard InChI is InChI=1S/C37H70O7/c1-4-5-6-7-16-21-26-34(39)35(40)27-22-17-14-19-24-29-37(42)44-33(30-38)31-43-36(41)28-23-18-13-11-9-8-10-12-15-20-25-32(2)3/h16,21,32-35,38-40H,4-15,17-20,22-31H2,1-3H3/b21-16-/t33-,34-,35-/m0/s1. The van der Waals surface area contributed by atoms with Gasteiger partial charge in [-0.15, -0.1) is 0 Å². The summed E-state index contributed by atoms with van der Waals surface area (Å²) in [6.45, 7) is 6.26. The second kappa shape index (κ2) is 31.5. The summed E-state index contributed by atoms with van der Waals surface area (Å²) in [6, 6.07) is 0. The van der Waals surface area contributed by atoms with E-state index in [-0.39, 0.29) is 25.6 Å². The molecule has 0 saturated heterocycles. The van der Waals surface area contributed by atoms with Crippen LogP contribution in [0.5, 0.6) is 0 Å². The van der Waals surface area contributed by atoms with Gasteiger partial charge in [0.1, 0.15) is 6.61 Å². The number of aliphatic hydroxyl groups is 3. The van der Waals surface area contributed by atoms with Gasteiger partial charge in [-0.1, -0.05) is 136 Å². The molecule has 44 heavy (non-hydrogen) atoms. The van der Waals surface area contributed by atoms with Crippen molar-refractivity contribution in [3.63, 3.8) is 0 Å². The number of carbonyl (C=O) groups is 2. The van der Waals surface area contributed by atoms with Gasteiger partial charge in [-0.25, -0.2) is 0 Å². The molecule has 0 spiro atoms. The zero-order valence-electron chi connectivity index (χ0n) is 28.8. The van der Waals surface area contributed by atoms with Crippen molar-refractivity contribution in [2.24, 2.45) is 5.92 Å². The predicted octanol–water partition coefficient (Wildman–Crippen LogP) is 8.75. The zero-order valence-corrected chi connectivity index (χ0v) is 28.8. The summed E-state index contributed by atoms with van der Waals surface area (Å²) in [7, 11) is 0. The summed E-state index contributed by atoms with van der Waals surface area (Å²) >= 11 is 0. The van der Waals surface area contributed by atoms with Crippen molar-refractivity contribution in [2.45, 2.75) is 193 Å². The van der Waals surface area contributed by atoms with E-state index >= 15 is 0 Å². The van der Waals surface area contributed by atoms with E-state index in [1.54, 1.807) is 0 Å². The van der Waals surface area contributed by atoms with E-state index < -0.39 is 24.3 Å². The Morgan fingerprint density at radius 3 is 1.70 bits per heavy atom. The normalized spacial score (nSPS) is 13.8. The molecule has 7 heteroatoms. The molecule has 0 rings (SSSR count). The maximum absolute atomic E-state index is 12.1. The van der Waals surface area contributed by atoms with Gasteiger partial charge in [0, 0.05) is 12.8 Å². The van der Waals surface area contributed by atoms with Crippen LogP contribution in [0.15, 0.2) is 12.2 Å². The summed E-state index contributed by atoms with van der Waals surface area (Å²) in [5.41, 5.74) is 0. The minimum Gasteiger partial charge on any atom is -0.462 e. The van der Waals surface area contributed by atoms with Crippen molar-refractivity contribution in [3.05, 3.63) is 12.2 Å². The lowest BCUT2D eigenvalue weighted by Crippen LogP contribution is -2.28. The Morgan fingerprint density at radius 2 is 1.16 bits per heavy atom. The van der Waals surface area contributed by atoms with Crippen LogP contribution in [0.2, 0.25) is 0 Å². The molecule has 0 amide bonds. The second-order valence-electron chi connectivity index (χ2n) is 13.1. The minimum atomic E-state index is -0.823. The average Bonchev–Trinajstić information content (AvgIpc) is 3.00. The van der Waals surface area contributed by atoms with E-state index in [9.17, 15) is 24.9 Å². The summed E-state index contributed by atoms with van der Waals surface area (Å²) in [5, 5.41) is 29.8. The first-order valence-electron chi connectivity index (χ1n) is 18.3. The Kier molecular flexibility index (Phi) is 30.5. The van der Waals surface area contributed by atoms with E-state index in [1.165, 1.54) is 70.6 Å². The third-order valence-electron chi connectivity index (χ3n) is 8.19. The number of esters is 2. The lowest BCUT2D eigenvalue weighted by Gasteiger charge is -2.16. The molecule has 3 N–H and O–H groups in total. The highest BCUT2D eigenvalue weighted by Gasteiger charge is 2.16. The third kappa shape index (κ3) is 29.3. The Morgan fingerprint density at radius 1 is 0.636 bits per heavy atom. The molecule has 260 valence electrons. The van der Waals surface area contributed by atoms with Crippen LogP contribution in [0.4, 0.5) is 0 Å². The first-order valence-corrected chi connectivity index (χ1v) is 18.3. The summed E-state index contributed by atoms with van der Waals surface area (Å²) in [4.78, 5) is 24.2. The summed E-state index contributed by atoms with van der Waals surface area (Å²) in [5.74, 6) is 0.116. The predicted molar refractivity (Wildman–Crippen MR) is 180 cm³/mol. The van der Waals surface area contributed by atoms with Crippen molar-refractivity contribution in [2.75, 3.05) is 13.2 Å². The molecule has 7 nitrogen and oxygen atoms in total. The molecule has 0 radical (unpaired) electrons. The van der Waals surface area contributed by atoms with Crippen molar-refractivity contribution in [3.8, 4) is 0 Å². The smallest absolute Gasteiger partial charge is 0.306 e. The molecule has 0 aliphatic heterocycles. The summed E-state index contributed by atoms with van der Waals surface area (Å²) in [6.07, 6.45) is 25.8. The van der Waals surface area contributed by atoms with Gasteiger partial charge in [0.05, 0.1) is 18.8 Å². The topological polar surface area (TPSA) is 113 Å². The lowest BCUT2D eigenvalue weighted by atomic mass is 10.0. The second-order valence-corrected chi connectivity index (χ2v) is 13.1. The fraction of sp³-hybridized carbons (Fsp3) is 0.892. The van der Waals surface area contributed by atoms with Crippen molar-refractivity contribution < 1.29 is 34.4 Å². The van der Waals surface area contributed by atoms with Crippen LogP contribution in [-0.4, -0.2) is 58.8 Å². The number of hydrogen-bond acceptors (Lipinski definition) is 7. The van der Waals surface area contributed by atoms with Crippen molar-refractivity contribution in [1.82, 2.24) is 0 Å². The Balaban J connectivity index is 3.70. The number of rotatable bonds is 32. The van der Waals surface area contributed by atoms with Gasteiger partial charge in [-0.2, -0.15) is 0 Å². The van der Waals surface area contributed by atoms with E-state index in [0.29, 0.717) is 25.7 Å². The maximum Gasteiger partial charge on any atom is 0.306 e. The van der Waals surface area contributed by atoms with Gasteiger partial charge in [-0.05, 0) is 44.4 Å². The molecule has 0 aromatic carbocycles. The number of aliphatic hydroxyl groups excluding tert-OH is 3. The highest BCUT2D eigenvalue weighted by Crippen LogP contribution is 2.15. The number of hydrogen-bond donors (Lipinski definition) is 3. The minimum absolute atomic E-state index is 0.110. The molecule has 0 bridgehead atoms. The molecule has 0 aromatic heterocycles. The fourth-order valence-electron chi connectivity index (χ4n) is 5.23. The van der Waals surface area contributed by atoms with Crippen molar-refractivity contribution >= 4 is 11.9 Å². The van der Waals surface area contributed by atoms with Gasteiger partial charge in [0.2, 0.25) is 0 Å². The van der Waals surface area contributed by atoms with Crippen LogP contribution in [0.1, 0.15) is 175 Å². The van der Waals surface area contributed by atoms with Crippen LogP contribution in [0, 0.1) is 5.92 Å². The maximum atomic E-state index is 12.1. The van der Waals surface area contributed by atoms with Crippen LogP contribution in [-0.2, 0) is 19.1 Å². The number of carbonyl (C=O) groups excluding carboxylic acids is 2.